The van der Waals surface area contributed by atoms with Crippen molar-refractivity contribution in [2.75, 3.05) is 0 Å². The van der Waals surface area contributed by atoms with Gasteiger partial charge in [-0.25, -0.2) is 9.59 Å². The third-order valence-corrected chi connectivity index (χ3v) is 4.37. The molecule has 1 aliphatic carbocycles. The van der Waals surface area contributed by atoms with E-state index in [0.29, 0.717) is 6.42 Å². The van der Waals surface area contributed by atoms with Gasteiger partial charge in [-0.3, -0.25) is 0 Å². The van der Waals surface area contributed by atoms with Crippen molar-refractivity contribution in [1.82, 2.24) is 0 Å². The van der Waals surface area contributed by atoms with E-state index < -0.39 is 5.66 Å². The smallest absolute Gasteiger partial charge is 0.211 e. The maximum absolute atomic E-state index is 10.8. The van der Waals surface area contributed by atoms with Crippen LogP contribution in [0.5, 0.6) is 0 Å². The molecule has 0 saturated heterocycles. The minimum absolute atomic E-state index is 0.360. The van der Waals surface area contributed by atoms with E-state index in [1.54, 1.807) is 12.2 Å². The predicted molar refractivity (Wildman–Crippen MR) is 75.7 cm³/mol. The third-order valence-electron chi connectivity index (χ3n) is 4.37. The van der Waals surface area contributed by atoms with E-state index in [1.165, 1.54) is 0 Å². The Morgan fingerprint density at radius 1 is 1.05 bits per heavy atom. The van der Waals surface area contributed by atoms with E-state index in [1.807, 2.05) is 37.3 Å². The fourth-order valence-electron chi connectivity index (χ4n) is 3.22. The van der Waals surface area contributed by atoms with Gasteiger partial charge in [-0.2, -0.15) is 9.98 Å². The average Bonchev–Trinajstić information content (AvgIpc) is 2.44. The molecule has 2 rings (SSSR count). The summed E-state index contributed by atoms with van der Waals surface area (Å²) >= 11 is 0. The minimum atomic E-state index is -1.01. The molecule has 0 radical (unpaired) electrons. The van der Waals surface area contributed by atoms with Crippen LogP contribution in [0.4, 0.5) is 0 Å². The van der Waals surface area contributed by atoms with Crippen molar-refractivity contribution in [3.8, 4) is 0 Å². The predicted octanol–water partition coefficient (Wildman–Crippen LogP) is 3.18. The molecule has 0 aromatic heterocycles. The normalized spacial score (nSPS) is 29.1. The van der Waals surface area contributed by atoms with Crippen LogP contribution in [0, 0.1) is 5.41 Å². The largest absolute Gasteiger partial charge is 0.237 e. The van der Waals surface area contributed by atoms with Gasteiger partial charge in [0.1, 0.15) is 0 Å². The Morgan fingerprint density at radius 3 is 2.25 bits per heavy atom. The molecular formula is C16H18N2O2. The van der Waals surface area contributed by atoms with E-state index >= 15 is 0 Å². The summed E-state index contributed by atoms with van der Waals surface area (Å²) in [7, 11) is 0. The zero-order chi connectivity index (χ0) is 14.5. The molecule has 1 fully saturated rings. The number of carbonyl (C=O) groups excluding carboxylic acids is 2. The van der Waals surface area contributed by atoms with Crippen LogP contribution in [-0.4, -0.2) is 17.8 Å². The molecule has 0 spiro atoms. The van der Waals surface area contributed by atoms with Gasteiger partial charge in [0.25, 0.3) is 0 Å². The van der Waals surface area contributed by atoms with Crippen LogP contribution >= 0.6 is 0 Å². The Morgan fingerprint density at radius 2 is 1.65 bits per heavy atom. The lowest BCUT2D eigenvalue weighted by atomic mass is 9.64. The quantitative estimate of drug-likeness (QED) is 0.623. The van der Waals surface area contributed by atoms with Gasteiger partial charge in [0.05, 0.1) is 0 Å². The van der Waals surface area contributed by atoms with Crippen molar-refractivity contribution in [2.24, 2.45) is 15.4 Å². The topological polar surface area (TPSA) is 58.9 Å². The number of hydrogen-bond donors (Lipinski definition) is 0. The molecule has 1 aromatic carbocycles. The molecule has 20 heavy (non-hydrogen) atoms. The maximum atomic E-state index is 10.8. The number of rotatable bonds is 4. The first-order valence-electron chi connectivity index (χ1n) is 6.88. The van der Waals surface area contributed by atoms with Gasteiger partial charge in [0, 0.05) is 5.41 Å². The fourth-order valence-corrected chi connectivity index (χ4v) is 3.22. The molecule has 0 heterocycles. The van der Waals surface area contributed by atoms with Crippen LogP contribution in [0.2, 0.25) is 0 Å². The highest BCUT2D eigenvalue weighted by atomic mass is 16.1. The standard InChI is InChI=1S/C16H18N2O2/c1-15(11-14-7-3-2-4-8-14)9-5-6-10-16(15,17-12-19)18-13-20/h2-4,7-8H,5-6,9-11H2,1H3. The summed E-state index contributed by atoms with van der Waals surface area (Å²) in [6.45, 7) is 2.04. The van der Waals surface area contributed by atoms with Crippen LogP contribution in [0.25, 0.3) is 0 Å². The Labute approximate surface area is 118 Å². The van der Waals surface area contributed by atoms with Gasteiger partial charge >= 0.3 is 0 Å². The zero-order valence-corrected chi connectivity index (χ0v) is 11.6. The molecule has 4 heteroatoms. The molecule has 104 valence electrons. The summed E-state index contributed by atoms with van der Waals surface area (Å²) in [6.07, 6.45) is 7.36. The SMILES string of the molecule is CC1(Cc2ccccc2)CCCCC1(N=C=O)N=C=O. The Bertz CT molecular complexity index is 539. The highest BCUT2D eigenvalue weighted by molar-refractivity contribution is 5.40. The summed E-state index contributed by atoms with van der Waals surface area (Å²) in [5.41, 5.74) is -0.213. The first-order valence-corrected chi connectivity index (χ1v) is 6.88. The minimum Gasteiger partial charge on any atom is -0.211 e. The first-order chi connectivity index (χ1) is 9.66. The van der Waals surface area contributed by atoms with Gasteiger partial charge < -0.3 is 0 Å². The lowest BCUT2D eigenvalue weighted by molar-refractivity contribution is 0.0886. The van der Waals surface area contributed by atoms with E-state index in [0.717, 1.165) is 31.2 Å². The number of hydrogen-bond acceptors (Lipinski definition) is 4. The third kappa shape index (κ3) is 2.62. The Hall–Kier alpha value is -2.02. The van der Waals surface area contributed by atoms with Crippen molar-refractivity contribution >= 4 is 12.2 Å². The van der Waals surface area contributed by atoms with Crippen molar-refractivity contribution in [3.05, 3.63) is 35.9 Å². The van der Waals surface area contributed by atoms with Gasteiger partial charge in [-0.05, 0) is 31.2 Å². The molecule has 0 bridgehead atoms. The molecular weight excluding hydrogens is 252 g/mol. The van der Waals surface area contributed by atoms with Crippen molar-refractivity contribution in [1.29, 1.82) is 0 Å². The van der Waals surface area contributed by atoms with Gasteiger partial charge in [0.2, 0.25) is 12.2 Å². The molecule has 1 aromatic rings. The Balaban J connectivity index is 2.42. The van der Waals surface area contributed by atoms with E-state index in [-0.39, 0.29) is 5.41 Å². The second kappa shape index (κ2) is 5.96. The summed E-state index contributed by atoms with van der Waals surface area (Å²) < 4.78 is 0. The van der Waals surface area contributed by atoms with Gasteiger partial charge in [-0.1, -0.05) is 43.7 Å². The number of isocyanates is 2. The number of nitrogens with zero attached hydrogens (tertiary/aromatic N) is 2. The van der Waals surface area contributed by atoms with Crippen LogP contribution in [0.15, 0.2) is 40.3 Å². The second-order valence-corrected chi connectivity index (χ2v) is 5.65. The van der Waals surface area contributed by atoms with Crippen LogP contribution in [-0.2, 0) is 16.0 Å². The van der Waals surface area contributed by atoms with Crippen LogP contribution in [0.3, 0.4) is 0 Å². The molecule has 0 amide bonds. The van der Waals surface area contributed by atoms with Gasteiger partial charge in [0.15, 0.2) is 5.66 Å². The molecule has 0 aliphatic heterocycles. The van der Waals surface area contributed by atoms with Crippen molar-refractivity contribution in [3.63, 3.8) is 0 Å². The maximum Gasteiger partial charge on any atom is 0.237 e. The highest BCUT2D eigenvalue weighted by Crippen LogP contribution is 2.49. The fraction of sp³-hybridized carbons (Fsp3) is 0.500. The lowest BCUT2D eigenvalue weighted by Crippen LogP contribution is -2.47. The molecule has 0 N–H and O–H groups in total. The van der Waals surface area contributed by atoms with Gasteiger partial charge in [-0.15, -0.1) is 0 Å². The van der Waals surface area contributed by atoms with Crippen molar-refractivity contribution in [2.45, 2.75) is 44.7 Å². The van der Waals surface area contributed by atoms with E-state index in [2.05, 4.69) is 9.98 Å². The number of aliphatic imine (C=N–C) groups is 2. The van der Waals surface area contributed by atoms with Crippen LogP contribution in [0.1, 0.15) is 38.2 Å². The summed E-state index contributed by atoms with van der Waals surface area (Å²) in [6, 6.07) is 10.0. The van der Waals surface area contributed by atoms with Crippen LogP contribution < -0.4 is 0 Å². The highest BCUT2D eigenvalue weighted by Gasteiger charge is 2.50. The molecule has 1 atom stereocenters. The monoisotopic (exact) mass is 270 g/mol. The first kappa shape index (κ1) is 14.4. The molecule has 4 nitrogen and oxygen atoms in total. The van der Waals surface area contributed by atoms with E-state index in [9.17, 15) is 9.59 Å². The Kier molecular flexibility index (Phi) is 4.29. The summed E-state index contributed by atoms with van der Waals surface area (Å²) in [4.78, 5) is 29.5. The molecule has 1 saturated carbocycles. The number of benzene rings is 1. The summed E-state index contributed by atoms with van der Waals surface area (Å²) in [5, 5.41) is 0. The van der Waals surface area contributed by atoms with Crippen molar-refractivity contribution < 1.29 is 9.59 Å². The van der Waals surface area contributed by atoms with E-state index in [4.69, 9.17) is 0 Å². The zero-order valence-electron chi connectivity index (χ0n) is 11.6. The molecule has 1 aliphatic rings. The molecule has 1 unspecified atom stereocenters. The second-order valence-electron chi connectivity index (χ2n) is 5.65. The lowest BCUT2D eigenvalue weighted by Gasteiger charge is -2.45. The average molecular weight is 270 g/mol. The summed E-state index contributed by atoms with van der Waals surface area (Å²) in [5.74, 6) is 0.